The van der Waals surface area contributed by atoms with E-state index in [0.29, 0.717) is 10.9 Å². The summed E-state index contributed by atoms with van der Waals surface area (Å²) < 4.78 is 14.3. The molecule has 0 amide bonds. The molecular weight excluding hydrogens is 427 g/mol. The molecule has 0 aromatic heterocycles. The van der Waals surface area contributed by atoms with Gasteiger partial charge in [-0.25, -0.2) is 4.39 Å². The Morgan fingerprint density at radius 3 is 2.14 bits per heavy atom. The Balaban J connectivity index is 1.22. The summed E-state index contributed by atoms with van der Waals surface area (Å²) in [6.07, 6.45) is 16.8. The number of halogens is 1. The van der Waals surface area contributed by atoms with Crippen LogP contribution in [0.5, 0.6) is 0 Å². The Hall–Kier alpha value is -2.59. The molecule has 0 spiro atoms. The first-order valence-corrected chi connectivity index (χ1v) is 13.9. The highest BCUT2D eigenvalue weighted by atomic mass is 19.1. The minimum atomic E-state index is -0.136. The van der Waals surface area contributed by atoms with Crippen molar-refractivity contribution >= 4 is 10.8 Å². The van der Waals surface area contributed by atoms with Crippen LogP contribution in [0.4, 0.5) is 4.39 Å². The van der Waals surface area contributed by atoms with Crippen molar-refractivity contribution in [3.05, 3.63) is 82.7 Å². The van der Waals surface area contributed by atoms with Crippen LogP contribution in [0.3, 0.4) is 0 Å². The van der Waals surface area contributed by atoms with Gasteiger partial charge in [0.05, 0.1) is 0 Å². The van der Waals surface area contributed by atoms with Crippen molar-refractivity contribution in [3.63, 3.8) is 0 Å². The maximum absolute atomic E-state index is 14.3. The Morgan fingerprint density at radius 2 is 1.40 bits per heavy atom. The van der Waals surface area contributed by atoms with Gasteiger partial charge in [-0.15, -0.1) is 0 Å². The molecule has 0 radical (unpaired) electrons. The van der Waals surface area contributed by atoms with Crippen molar-refractivity contribution in [2.45, 2.75) is 90.9 Å². The van der Waals surface area contributed by atoms with Gasteiger partial charge in [0.25, 0.3) is 0 Å². The largest absolute Gasteiger partial charge is 0.206 e. The van der Waals surface area contributed by atoms with Crippen LogP contribution in [0.15, 0.2) is 54.6 Å². The summed E-state index contributed by atoms with van der Waals surface area (Å²) in [5.41, 5.74) is 4.05. The molecule has 1 aliphatic carbocycles. The molecule has 0 N–H and O–H groups in total. The molecule has 0 heterocycles. The maximum atomic E-state index is 14.3. The number of fused-ring (bicyclic) bond motifs is 1. The van der Waals surface area contributed by atoms with E-state index in [4.69, 9.17) is 0 Å². The Morgan fingerprint density at radius 1 is 0.743 bits per heavy atom. The van der Waals surface area contributed by atoms with Gasteiger partial charge in [-0.3, -0.25) is 0 Å². The monoisotopic (exact) mass is 468 g/mol. The Bertz CT molecular complexity index is 1140. The molecule has 35 heavy (non-hydrogen) atoms. The number of unbranched alkanes of at least 4 members (excludes halogenated alkanes) is 4. The lowest BCUT2D eigenvalue weighted by atomic mass is 9.77. The summed E-state index contributed by atoms with van der Waals surface area (Å²) in [4.78, 5) is 0. The van der Waals surface area contributed by atoms with Crippen LogP contribution in [0.2, 0.25) is 0 Å². The van der Waals surface area contributed by atoms with E-state index in [1.165, 1.54) is 82.6 Å². The van der Waals surface area contributed by atoms with Crippen molar-refractivity contribution in [2.24, 2.45) is 11.8 Å². The van der Waals surface area contributed by atoms with Gasteiger partial charge in [-0.05, 0) is 72.4 Å². The third-order valence-corrected chi connectivity index (χ3v) is 7.98. The second-order valence-corrected chi connectivity index (χ2v) is 10.7. The SMILES string of the molecule is CCCCCCCC1CCC(CCc2ccc(C#Cc3ccc4c(F)c(C)ccc4c3)cc2)CC1. The summed E-state index contributed by atoms with van der Waals surface area (Å²) in [5.74, 6) is 8.29. The first-order chi connectivity index (χ1) is 17.1. The van der Waals surface area contributed by atoms with Crippen molar-refractivity contribution in [3.8, 4) is 11.8 Å². The average molecular weight is 469 g/mol. The lowest BCUT2D eigenvalue weighted by Gasteiger charge is -2.28. The van der Waals surface area contributed by atoms with E-state index in [1.807, 2.05) is 30.3 Å². The van der Waals surface area contributed by atoms with Crippen molar-refractivity contribution in [1.29, 1.82) is 0 Å². The first-order valence-electron chi connectivity index (χ1n) is 13.9. The quantitative estimate of drug-likeness (QED) is 0.216. The third kappa shape index (κ3) is 7.44. The van der Waals surface area contributed by atoms with E-state index in [1.54, 1.807) is 6.92 Å². The normalized spacial score (nSPS) is 17.8. The highest BCUT2D eigenvalue weighted by Gasteiger charge is 2.20. The van der Waals surface area contributed by atoms with Crippen molar-refractivity contribution in [1.82, 2.24) is 0 Å². The van der Waals surface area contributed by atoms with E-state index in [9.17, 15) is 4.39 Å². The average Bonchev–Trinajstić information content (AvgIpc) is 2.89. The molecule has 0 nitrogen and oxygen atoms in total. The number of rotatable bonds is 9. The third-order valence-electron chi connectivity index (χ3n) is 7.98. The summed E-state index contributed by atoms with van der Waals surface area (Å²) in [6, 6.07) is 18.3. The lowest BCUT2D eigenvalue weighted by Crippen LogP contribution is -2.15. The second-order valence-electron chi connectivity index (χ2n) is 10.7. The van der Waals surface area contributed by atoms with Crippen LogP contribution in [-0.4, -0.2) is 0 Å². The van der Waals surface area contributed by atoms with Gasteiger partial charge >= 0.3 is 0 Å². The number of benzene rings is 3. The van der Waals surface area contributed by atoms with Crippen LogP contribution in [0, 0.1) is 36.4 Å². The van der Waals surface area contributed by atoms with Gasteiger partial charge in [-0.1, -0.05) is 113 Å². The van der Waals surface area contributed by atoms with E-state index in [-0.39, 0.29) is 5.82 Å². The standard InChI is InChI=1S/C34H41F/c1-3-4-5-6-7-8-27-10-12-28(13-11-27)14-15-29-16-18-30(19-17-29)20-21-31-22-24-33-32(25-31)23-9-26(2)34(33)35/h9,16-19,22-25,27-28H,3-8,10-15H2,1-2H3. The number of aryl methyl sites for hydroxylation is 2. The van der Waals surface area contributed by atoms with Crippen LogP contribution >= 0.6 is 0 Å². The smallest absolute Gasteiger partial charge is 0.133 e. The van der Waals surface area contributed by atoms with Crippen LogP contribution in [-0.2, 0) is 6.42 Å². The molecule has 0 aliphatic heterocycles. The summed E-state index contributed by atoms with van der Waals surface area (Å²) in [7, 11) is 0. The topological polar surface area (TPSA) is 0 Å². The second kappa shape index (κ2) is 12.9. The summed E-state index contributed by atoms with van der Waals surface area (Å²) >= 11 is 0. The molecule has 1 saturated carbocycles. The summed E-state index contributed by atoms with van der Waals surface area (Å²) in [6.45, 7) is 4.09. The minimum Gasteiger partial charge on any atom is -0.206 e. The van der Waals surface area contributed by atoms with Gasteiger partial charge in [0.2, 0.25) is 0 Å². The molecule has 1 heteroatoms. The van der Waals surface area contributed by atoms with E-state index in [0.717, 1.165) is 28.3 Å². The molecule has 3 aromatic rings. The molecule has 0 saturated heterocycles. The number of hydrogen-bond donors (Lipinski definition) is 0. The fourth-order valence-electron chi connectivity index (χ4n) is 5.59. The molecule has 1 aliphatic rings. The molecule has 1 fully saturated rings. The highest BCUT2D eigenvalue weighted by Crippen LogP contribution is 2.34. The molecule has 0 bridgehead atoms. The Kier molecular flexibility index (Phi) is 9.42. The maximum Gasteiger partial charge on any atom is 0.133 e. The lowest BCUT2D eigenvalue weighted by molar-refractivity contribution is 0.248. The molecule has 184 valence electrons. The Labute approximate surface area is 212 Å². The first kappa shape index (κ1) is 25.5. The van der Waals surface area contributed by atoms with Gasteiger partial charge < -0.3 is 0 Å². The predicted octanol–water partition coefficient (Wildman–Crippen LogP) is 9.79. The van der Waals surface area contributed by atoms with Gasteiger partial charge in [0.15, 0.2) is 0 Å². The van der Waals surface area contributed by atoms with Gasteiger partial charge in [0, 0.05) is 16.5 Å². The zero-order valence-electron chi connectivity index (χ0n) is 21.7. The van der Waals surface area contributed by atoms with E-state index < -0.39 is 0 Å². The van der Waals surface area contributed by atoms with Gasteiger partial charge in [-0.2, -0.15) is 0 Å². The minimum absolute atomic E-state index is 0.136. The molecule has 0 atom stereocenters. The molecule has 3 aromatic carbocycles. The van der Waals surface area contributed by atoms with Gasteiger partial charge in [0.1, 0.15) is 5.82 Å². The van der Waals surface area contributed by atoms with Crippen molar-refractivity contribution < 1.29 is 4.39 Å². The summed E-state index contributed by atoms with van der Waals surface area (Å²) in [5, 5.41) is 1.56. The number of hydrogen-bond acceptors (Lipinski definition) is 0. The fourth-order valence-corrected chi connectivity index (χ4v) is 5.59. The van der Waals surface area contributed by atoms with E-state index >= 15 is 0 Å². The van der Waals surface area contributed by atoms with Crippen LogP contribution < -0.4 is 0 Å². The highest BCUT2D eigenvalue weighted by molar-refractivity contribution is 5.85. The molecular formula is C34H41F. The zero-order valence-corrected chi connectivity index (χ0v) is 21.7. The van der Waals surface area contributed by atoms with Crippen LogP contribution in [0.1, 0.15) is 99.8 Å². The molecule has 4 rings (SSSR count). The predicted molar refractivity (Wildman–Crippen MR) is 148 cm³/mol. The van der Waals surface area contributed by atoms with Crippen molar-refractivity contribution in [2.75, 3.05) is 0 Å². The zero-order chi connectivity index (χ0) is 24.5. The van der Waals surface area contributed by atoms with Crippen LogP contribution in [0.25, 0.3) is 10.8 Å². The fraction of sp³-hybridized carbons (Fsp3) is 0.471. The van der Waals surface area contributed by atoms with E-state index in [2.05, 4.69) is 43.0 Å². The molecule has 0 unspecified atom stereocenters.